The number of carboxylic acids is 1. The van der Waals surface area contributed by atoms with Gasteiger partial charge in [0.1, 0.15) is 5.75 Å². The maximum Gasteiger partial charge on any atom is 0.323 e. The number of anilines is 3. The molecule has 0 bridgehead atoms. The number of ether oxygens (including phenoxy) is 1. The summed E-state index contributed by atoms with van der Waals surface area (Å²) in [6.45, 7) is 3.82. The van der Waals surface area contributed by atoms with Gasteiger partial charge < -0.3 is 25.8 Å². The number of hydrogen-bond donors (Lipinski definition) is 4. The third kappa shape index (κ3) is 8.19. The quantitative estimate of drug-likeness (QED) is 0.317. The maximum absolute atomic E-state index is 12.5. The Morgan fingerprint density at radius 3 is 2.34 bits per heavy atom. The zero-order valence-corrected chi connectivity index (χ0v) is 19.7. The van der Waals surface area contributed by atoms with Crippen molar-refractivity contribution in [3.63, 3.8) is 0 Å². The fraction of sp³-hybridized carbons (Fsp3) is 0.222. The number of aliphatic carboxylic acids is 1. The van der Waals surface area contributed by atoms with Crippen molar-refractivity contribution in [2.45, 2.75) is 26.7 Å². The Kier molecular flexibility index (Phi) is 8.83. The Hall–Kier alpha value is -4.33. The number of carbonyl (C=O) groups excluding carboxylic acids is 2. The summed E-state index contributed by atoms with van der Waals surface area (Å²) < 4.78 is 5.60. The first-order chi connectivity index (χ1) is 16.8. The number of aryl methyl sites for hydroxylation is 1. The van der Waals surface area contributed by atoms with Crippen molar-refractivity contribution in [2.75, 3.05) is 22.6 Å². The molecule has 0 aromatic heterocycles. The van der Waals surface area contributed by atoms with E-state index in [1.165, 1.54) is 0 Å². The molecular formula is C27H29N3O5. The standard InChI is InChI=1S/C27H29N3O5/c1-18-6-3-4-9-24(18)30-27(34)29-21-12-10-20(11-13-21)16-25(31)28-22-7-5-8-23(17-22)35-15-14-19(2)26(32)33/h3-13,17,19H,14-16H2,1-2H3,(H,28,31)(H,32,33)(H2,29,30,34). The van der Waals surface area contributed by atoms with Crippen LogP contribution in [0.15, 0.2) is 72.8 Å². The Bertz CT molecular complexity index is 1180. The summed E-state index contributed by atoms with van der Waals surface area (Å²) in [5.41, 5.74) is 3.70. The van der Waals surface area contributed by atoms with Crippen molar-refractivity contribution in [1.82, 2.24) is 0 Å². The van der Waals surface area contributed by atoms with Gasteiger partial charge in [0, 0.05) is 23.1 Å². The number of hydrogen-bond acceptors (Lipinski definition) is 4. The fourth-order valence-corrected chi connectivity index (χ4v) is 3.23. The summed E-state index contributed by atoms with van der Waals surface area (Å²) in [5, 5.41) is 17.4. The van der Waals surface area contributed by atoms with Gasteiger partial charge in [0.05, 0.1) is 18.9 Å². The van der Waals surface area contributed by atoms with E-state index in [0.717, 1.165) is 16.8 Å². The van der Waals surface area contributed by atoms with Crippen molar-refractivity contribution in [3.8, 4) is 5.75 Å². The van der Waals surface area contributed by atoms with Crippen LogP contribution >= 0.6 is 0 Å². The minimum Gasteiger partial charge on any atom is -0.493 e. The molecule has 1 atom stereocenters. The van der Waals surface area contributed by atoms with E-state index in [1.807, 2.05) is 31.2 Å². The second-order valence-corrected chi connectivity index (χ2v) is 8.22. The highest BCUT2D eigenvalue weighted by atomic mass is 16.5. The first kappa shape index (κ1) is 25.3. The monoisotopic (exact) mass is 475 g/mol. The molecule has 0 spiro atoms. The molecule has 0 aliphatic heterocycles. The molecule has 3 aromatic carbocycles. The van der Waals surface area contributed by atoms with Gasteiger partial charge in [-0.05, 0) is 54.8 Å². The van der Waals surface area contributed by atoms with E-state index in [2.05, 4.69) is 16.0 Å². The van der Waals surface area contributed by atoms with Crippen molar-refractivity contribution >= 4 is 35.0 Å². The minimum atomic E-state index is -0.857. The van der Waals surface area contributed by atoms with Gasteiger partial charge in [0.15, 0.2) is 0 Å². The molecule has 3 rings (SSSR count). The lowest BCUT2D eigenvalue weighted by molar-refractivity contribution is -0.141. The van der Waals surface area contributed by atoms with Gasteiger partial charge in [0.2, 0.25) is 5.91 Å². The lowest BCUT2D eigenvalue weighted by atomic mass is 10.1. The fourth-order valence-electron chi connectivity index (χ4n) is 3.23. The summed E-state index contributed by atoms with van der Waals surface area (Å²) in [4.78, 5) is 35.6. The highest BCUT2D eigenvalue weighted by molar-refractivity contribution is 6.00. The van der Waals surface area contributed by atoms with Crippen LogP contribution in [-0.2, 0) is 16.0 Å². The number of para-hydroxylation sites is 1. The second kappa shape index (κ2) is 12.2. The van der Waals surface area contributed by atoms with Gasteiger partial charge in [-0.15, -0.1) is 0 Å². The molecule has 0 heterocycles. The molecule has 3 amide bonds. The van der Waals surface area contributed by atoms with E-state index in [4.69, 9.17) is 9.84 Å². The van der Waals surface area contributed by atoms with E-state index in [9.17, 15) is 14.4 Å². The Morgan fingerprint density at radius 2 is 1.63 bits per heavy atom. The minimum absolute atomic E-state index is 0.164. The average molecular weight is 476 g/mol. The number of rotatable bonds is 10. The van der Waals surface area contributed by atoms with Crippen LogP contribution < -0.4 is 20.7 Å². The molecule has 182 valence electrons. The number of carbonyl (C=O) groups is 3. The molecule has 1 unspecified atom stereocenters. The van der Waals surface area contributed by atoms with Crippen LogP contribution in [0.25, 0.3) is 0 Å². The van der Waals surface area contributed by atoms with Crippen LogP contribution in [0.2, 0.25) is 0 Å². The van der Waals surface area contributed by atoms with Crippen LogP contribution in [0.3, 0.4) is 0 Å². The number of urea groups is 1. The van der Waals surface area contributed by atoms with Gasteiger partial charge in [-0.1, -0.05) is 43.3 Å². The first-order valence-corrected chi connectivity index (χ1v) is 11.3. The summed E-state index contributed by atoms with van der Waals surface area (Å²) in [6.07, 6.45) is 0.557. The molecule has 35 heavy (non-hydrogen) atoms. The zero-order chi connectivity index (χ0) is 25.2. The molecule has 4 N–H and O–H groups in total. The van der Waals surface area contributed by atoms with Crippen LogP contribution in [0.1, 0.15) is 24.5 Å². The van der Waals surface area contributed by atoms with E-state index in [0.29, 0.717) is 23.5 Å². The highest BCUT2D eigenvalue weighted by Crippen LogP contribution is 2.19. The van der Waals surface area contributed by atoms with Crippen molar-refractivity contribution in [3.05, 3.63) is 83.9 Å². The third-order valence-corrected chi connectivity index (χ3v) is 5.33. The highest BCUT2D eigenvalue weighted by Gasteiger charge is 2.11. The Labute approximate surface area is 204 Å². The average Bonchev–Trinajstić information content (AvgIpc) is 2.82. The maximum atomic E-state index is 12.5. The van der Waals surface area contributed by atoms with Gasteiger partial charge >= 0.3 is 12.0 Å². The van der Waals surface area contributed by atoms with Crippen molar-refractivity contribution in [2.24, 2.45) is 5.92 Å². The predicted octanol–water partition coefficient (Wildman–Crippen LogP) is 5.31. The normalized spacial score (nSPS) is 11.3. The summed E-state index contributed by atoms with van der Waals surface area (Å²) in [6, 6.07) is 21.2. The Morgan fingerprint density at radius 1 is 0.886 bits per heavy atom. The number of carboxylic acid groups (broad SMARTS) is 1. The van der Waals surface area contributed by atoms with E-state index >= 15 is 0 Å². The van der Waals surface area contributed by atoms with E-state index in [-0.39, 0.29) is 25.0 Å². The number of benzene rings is 3. The van der Waals surface area contributed by atoms with Crippen molar-refractivity contribution in [1.29, 1.82) is 0 Å². The topological polar surface area (TPSA) is 117 Å². The largest absolute Gasteiger partial charge is 0.493 e. The smallest absolute Gasteiger partial charge is 0.323 e. The molecule has 0 saturated heterocycles. The lowest BCUT2D eigenvalue weighted by Crippen LogP contribution is -2.20. The molecule has 0 fully saturated rings. The summed E-state index contributed by atoms with van der Waals surface area (Å²) >= 11 is 0. The van der Waals surface area contributed by atoms with Crippen LogP contribution in [0.4, 0.5) is 21.9 Å². The van der Waals surface area contributed by atoms with Crippen LogP contribution in [0, 0.1) is 12.8 Å². The molecular weight excluding hydrogens is 446 g/mol. The Balaban J connectivity index is 1.47. The first-order valence-electron chi connectivity index (χ1n) is 11.3. The molecule has 8 heteroatoms. The van der Waals surface area contributed by atoms with Gasteiger partial charge in [-0.3, -0.25) is 9.59 Å². The SMILES string of the molecule is Cc1ccccc1NC(=O)Nc1ccc(CC(=O)Nc2cccc(OCCC(C)C(=O)O)c2)cc1. The summed E-state index contributed by atoms with van der Waals surface area (Å²) in [7, 11) is 0. The molecule has 8 nitrogen and oxygen atoms in total. The molecule has 0 aliphatic carbocycles. The second-order valence-electron chi connectivity index (χ2n) is 8.22. The molecule has 0 aliphatic rings. The molecule has 3 aromatic rings. The van der Waals surface area contributed by atoms with Crippen LogP contribution in [0.5, 0.6) is 5.75 Å². The molecule has 0 saturated carbocycles. The third-order valence-electron chi connectivity index (χ3n) is 5.33. The van der Waals surface area contributed by atoms with Gasteiger partial charge in [-0.2, -0.15) is 0 Å². The van der Waals surface area contributed by atoms with E-state index < -0.39 is 11.9 Å². The number of amides is 3. The predicted molar refractivity (Wildman–Crippen MR) is 136 cm³/mol. The van der Waals surface area contributed by atoms with Gasteiger partial charge in [0.25, 0.3) is 0 Å². The van der Waals surface area contributed by atoms with Crippen molar-refractivity contribution < 1.29 is 24.2 Å². The van der Waals surface area contributed by atoms with E-state index in [1.54, 1.807) is 55.5 Å². The summed E-state index contributed by atoms with van der Waals surface area (Å²) in [5.74, 6) is -0.981. The lowest BCUT2D eigenvalue weighted by Gasteiger charge is -2.11. The molecule has 0 radical (unpaired) electrons. The van der Waals surface area contributed by atoms with Gasteiger partial charge in [-0.25, -0.2) is 4.79 Å². The van der Waals surface area contributed by atoms with Crippen LogP contribution in [-0.4, -0.2) is 29.6 Å². The zero-order valence-electron chi connectivity index (χ0n) is 19.7. The number of nitrogens with one attached hydrogen (secondary N) is 3.